The SMILES string of the molecule is CCC(CC)(CN)NS(=O)(=O)c1cc(Br)c(F)cc1F.Cl. The summed E-state index contributed by atoms with van der Waals surface area (Å²) in [6.45, 7) is 3.66. The van der Waals surface area contributed by atoms with Crippen LogP contribution in [0.4, 0.5) is 8.78 Å². The Labute approximate surface area is 138 Å². The first-order valence-corrected chi connectivity index (χ1v) is 8.37. The van der Waals surface area contributed by atoms with Gasteiger partial charge in [-0.3, -0.25) is 0 Å². The van der Waals surface area contributed by atoms with Crippen molar-refractivity contribution in [2.24, 2.45) is 5.73 Å². The van der Waals surface area contributed by atoms with Crippen molar-refractivity contribution in [2.45, 2.75) is 37.1 Å². The van der Waals surface area contributed by atoms with Gasteiger partial charge >= 0.3 is 0 Å². The van der Waals surface area contributed by atoms with Gasteiger partial charge in [-0.1, -0.05) is 13.8 Å². The number of hydrogen-bond donors (Lipinski definition) is 2. The number of nitrogens with one attached hydrogen (secondary N) is 1. The average Bonchev–Trinajstić information content (AvgIpc) is 2.40. The van der Waals surface area contributed by atoms with Crippen molar-refractivity contribution in [3.63, 3.8) is 0 Å². The second-order valence-electron chi connectivity index (χ2n) is 4.49. The molecular formula is C12H18BrClF2N2O2S. The number of rotatable bonds is 6. The molecule has 0 atom stereocenters. The van der Waals surface area contributed by atoms with E-state index in [0.29, 0.717) is 18.9 Å². The molecule has 21 heavy (non-hydrogen) atoms. The van der Waals surface area contributed by atoms with Crippen LogP contribution in [-0.4, -0.2) is 20.5 Å². The van der Waals surface area contributed by atoms with Gasteiger partial charge in [0.05, 0.1) is 4.47 Å². The van der Waals surface area contributed by atoms with E-state index in [2.05, 4.69) is 20.7 Å². The van der Waals surface area contributed by atoms with Crippen LogP contribution in [0.1, 0.15) is 26.7 Å². The Bertz CT molecular complexity index is 587. The Balaban J connectivity index is 0.00000400. The first kappa shape index (κ1) is 20.7. The Morgan fingerprint density at radius 3 is 2.19 bits per heavy atom. The van der Waals surface area contributed by atoms with Crippen LogP contribution in [0.15, 0.2) is 21.5 Å². The zero-order chi connectivity index (χ0) is 15.6. The Morgan fingerprint density at radius 2 is 1.76 bits per heavy atom. The molecule has 0 heterocycles. The van der Waals surface area contributed by atoms with Crippen molar-refractivity contribution in [3.05, 3.63) is 28.2 Å². The molecule has 0 unspecified atom stereocenters. The molecule has 1 rings (SSSR count). The second-order valence-corrected chi connectivity index (χ2v) is 7.00. The highest BCUT2D eigenvalue weighted by atomic mass is 79.9. The van der Waals surface area contributed by atoms with E-state index in [4.69, 9.17) is 5.73 Å². The molecular weight excluding hydrogens is 390 g/mol. The molecule has 0 saturated heterocycles. The Kier molecular flexibility index (Phi) is 7.72. The standard InChI is InChI=1S/C12H17BrF2N2O2S.ClH/c1-3-12(4-2,7-16)17-20(18,19)11-5-8(13)9(14)6-10(11)15;/h5-6,17H,3-4,7,16H2,1-2H3;1H. The smallest absolute Gasteiger partial charge is 0.244 e. The lowest BCUT2D eigenvalue weighted by Crippen LogP contribution is -2.52. The van der Waals surface area contributed by atoms with Gasteiger partial charge in [0.15, 0.2) is 0 Å². The lowest BCUT2D eigenvalue weighted by atomic mass is 9.95. The summed E-state index contributed by atoms with van der Waals surface area (Å²) in [6, 6.07) is 1.43. The van der Waals surface area contributed by atoms with E-state index < -0.39 is 32.1 Å². The van der Waals surface area contributed by atoms with Crippen molar-refractivity contribution < 1.29 is 17.2 Å². The van der Waals surface area contributed by atoms with Crippen molar-refractivity contribution in [1.82, 2.24) is 4.72 Å². The minimum atomic E-state index is -4.13. The third-order valence-electron chi connectivity index (χ3n) is 3.36. The maximum absolute atomic E-state index is 13.7. The van der Waals surface area contributed by atoms with E-state index in [1.807, 2.05) is 0 Å². The lowest BCUT2D eigenvalue weighted by Gasteiger charge is -2.31. The van der Waals surface area contributed by atoms with Crippen LogP contribution >= 0.6 is 28.3 Å². The summed E-state index contributed by atoms with van der Waals surface area (Å²) in [5, 5.41) is 0. The quantitative estimate of drug-likeness (QED) is 0.712. The van der Waals surface area contributed by atoms with E-state index in [-0.39, 0.29) is 23.4 Å². The number of sulfonamides is 1. The molecule has 3 N–H and O–H groups in total. The first-order valence-electron chi connectivity index (χ1n) is 6.10. The number of benzene rings is 1. The molecule has 9 heteroatoms. The highest BCUT2D eigenvalue weighted by Crippen LogP contribution is 2.25. The maximum atomic E-state index is 13.7. The fraction of sp³-hybridized carbons (Fsp3) is 0.500. The maximum Gasteiger partial charge on any atom is 0.244 e. The molecule has 0 radical (unpaired) electrons. The van der Waals surface area contributed by atoms with E-state index in [1.54, 1.807) is 13.8 Å². The van der Waals surface area contributed by atoms with E-state index >= 15 is 0 Å². The Hall–Kier alpha value is -0.280. The minimum Gasteiger partial charge on any atom is -0.329 e. The van der Waals surface area contributed by atoms with Gasteiger partial charge in [0.25, 0.3) is 0 Å². The summed E-state index contributed by atoms with van der Waals surface area (Å²) in [7, 11) is -4.13. The van der Waals surface area contributed by atoms with Crippen LogP contribution in [0.3, 0.4) is 0 Å². The fourth-order valence-electron chi connectivity index (χ4n) is 1.77. The highest BCUT2D eigenvalue weighted by Gasteiger charge is 2.32. The molecule has 0 fully saturated rings. The number of halogens is 4. The summed E-state index contributed by atoms with van der Waals surface area (Å²) < 4.78 is 53.7. The normalized spacial score (nSPS) is 12.1. The van der Waals surface area contributed by atoms with Gasteiger partial charge in [0.1, 0.15) is 16.5 Å². The molecule has 0 aliphatic heterocycles. The molecule has 1 aromatic rings. The van der Waals surface area contributed by atoms with Crippen molar-refractivity contribution in [1.29, 1.82) is 0 Å². The molecule has 0 amide bonds. The summed E-state index contributed by atoms with van der Waals surface area (Å²) in [4.78, 5) is -0.606. The van der Waals surface area contributed by atoms with Gasteiger partial charge < -0.3 is 5.73 Å². The van der Waals surface area contributed by atoms with E-state index in [1.165, 1.54) is 0 Å². The van der Waals surface area contributed by atoms with Gasteiger partial charge in [-0.15, -0.1) is 12.4 Å². The molecule has 1 aromatic carbocycles. The van der Waals surface area contributed by atoms with Gasteiger partial charge in [0.2, 0.25) is 10.0 Å². The summed E-state index contributed by atoms with van der Waals surface area (Å²) in [5.74, 6) is -2.01. The highest BCUT2D eigenvalue weighted by molar-refractivity contribution is 9.10. The predicted octanol–water partition coefficient (Wildman–Crippen LogP) is 2.94. The topological polar surface area (TPSA) is 72.2 Å². The zero-order valence-electron chi connectivity index (χ0n) is 11.6. The third kappa shape index (κ3) is 4.59. The number of hydrogen-bond acceptors (Lipinski definition) is 3. The lowest BCUT2D eigenvalue weighted by molar-refractivity contribution is 0.362. The molecule has 0 aliphatic carbocycles. The summed E-state index contributed by atoms with van der Waals surface area (Å²) in [5.41, 5.74) is 4.78. The van der Waals surface area contributed by atoms with Crippen LogP contribution in [-0.2, 0) is 10.0 Å². The summed E-state index contributed by atoms with van der Waals surface area (Å²) >= 11 is 2.84. The fourth-order valence-corrected chi connectivity index (χ4v) is 3.91. The molecule has 122 valence electrons. The molecule has 4 nitrogen and oxygen atoms in total. The zero-order valence-corrected chi connectivity index (χ0v) is 14.8. The van der Waals surface area contributed by atoms with Gasteiger partial charge in [-0.25, -0.2) is 21.9 Å². The third-order valence-corrected chi connectivity index (χ3v) is 5.56. The van der Waals surface area contributed by atoms with Crippen molar-refractivity contribution in [2.75, 3.05) is 6.54 Å². The van der Waals surface area contributed by atoms with Crippen molar-refractivity contribution >= 4 is 38.4 Å². The average molecular weight is 408 g/mol. The summed E-state index contributed by atoms with van der Waals surface area (Å²) in [6.07, 6.45) is 0.923. The van der Waals surface area contributed by atoms with Crippen LogP contribution in [0.5, 0.6) is 0 Å². The largest absolute Gasteiger partial charge is 0.329 e. The molecule has 0 aromatic heterocycles. The molecule has 0 bridgehead atoms. The van der Waals surface area contributed by atoms with E-state index in [9.17, 15) is 17.2 Å². The second kappa shape index (κ2) is 7.82. The first-order chi connectivity index (χ1) is 9.21. The Morgan fingerprint density at radius 1 is 1.24 bits per heavy atom. The van der Waals surface area contributed by atoms with Gasteiger partial charge in [-0.2, -0.15) is 0 Å². The van der Waals surface area contributed by atoms with Crippen LogP contribution < -0.4 is 10.5 Å². The van der Waals surface area contributed by atoms with E-state index in [0.717, 1.165) is 6.07 Å². The van der Waals surface area contributed by atoms with Crippen LogP contribution in [0, 0.1) is 11.6 Å². The van der Waals surface area contributed by atoms with Crippen LogP contribution in [0.25, 0.3) is 0 Å². The molecule has 0 spiro atoms. The van der Waals surface area contributed by atoms with Crippen molar-refractivity contribution in [3.8, 4) is 0 Å². The van der Waals surface area contributed by atoms with Gasteiger partial charge in [0, 0.05) is 18.2 Å². The molecule has 0 aliphatic rings. The van der Waals surface area contributed by atoms with Crippen LogP contribution in [0.2, 0.25) is 0 Å². The van der Waals surface area contributed by atoms with Gasteiger partial charge in [-0.05, 0) is 34.8 Å². The number of nitrogens with two attached hydrogens (primary N) is 1. The monoisotopic (exact) mass is 406 g/mol. The molecule has 0 saturated carbocycles. The predicted molar refractivity (Wildman–Crippen MR) is 84.0 cm³/mol. The minimum absolute atomic E-state index is 0.